The Kier molecular flexibility index (Phi) is 6.13. The fourth-order valence-electron chi connectivity index (χ4n) is 2.64. The lowest BCUT2D eigenvalue weighted by molar-refractivity contribution is -0.131. The fourth-order valence-corrected chi connectivity index (χ4v) is 3.58. The van der Waals surface area contributed by atoms with Crippen molar-refractivity contribution in [3.8, 4) is 0 Å². The summed E-state index contributed by atoms with van der Waals surface area (Å²) in [7, 11) is -0.951. The first kappa shape index (κ1) is 21.4. The van der Waals surface area contributed by atoms with E-state index in [1.165, 1.54) is 56.6 Å². The van der Waals surface area contributed by atoms with E-state index in [1.807, 2.05) is 0 Å². The summed E-state index contributed by atoms with van der Waals surface area (Å²) in [5.41, 5.74) is 5.37. The average molecular weight is 434 g/mol. The highest BCUT2D eigenvalue weighted by Gasteiger charge is 2.29. The lowest BCUT2D eigenvalue weighted by Crippen LogP contribution is -2.46. The van der Waals surface area contributed by atoms with E-state index in [2.05, 4.69) is 16.0 Å². The Labute approximate surface area is 172 Å². The van der Waals surface area contributed by atoms with E-state index in [0.717, 1.165) is 4.31 Å². The van der Waals surface area contributed by atoms with Crippen LogP contribution in [0.5, 0.6) is 0 Å². The third-order valence-electron chi connectivity index (χ3n) is 4.29. The molecule has 2 N–H and O–H groups in total. The van der Waals surface area contributed by atoms with Crippen molar-refractivity contribution in [1.29, 1.82) is 0 Å². The Hall–Kier alpha value is -3.31. The molecule has 0 aromatic heterocycles. The number of amides is 2. The summed E-state index contributed by atoms with van der Waals surface area (Å²) < 4.78 is 38.7. The molecule has 2 amide bonds. The number of hydrazine groups is 1. The van der Waals surface area contributed by atoms with Crippen LogP contribution < -0.4 is 10.9 Å². The van der Waals surface area contributed by atoms with E-state index in [-0.39, 0.29) is 16.9 Å². The number of hydrogen-bond acceptors (Lipinski definition) is 6. The van der Waals surface area contributed by atoms with Crippen LogP contribution in [0, 0.1) is 5.82 Å². The number of benzene rings is 2. The van der Waals surface area contributed by atoms with Crippen LogP contribution in [0.15, 0.2) is 58.6 Å². The van der Waals surface area contributed by atoms with Gasteiger partial charge in [-0.3, -0.25) is 20.4 Å². The van der Waals surface area contributed by atoms with Crippen LogP contribution >= 0.6 is 0 Å². The molecule has 1 atom stereocenters. The highest BCUT2D eigenvalue weighted by Crippen LogP contribution is 2.18. The van der Waals surface area contributed by atoms with E-state index in [1.54, 1.807) is 6.07 Å². The van der Waals surface area contributed by atoms with E-state index < -0.39 is 33.8 Å². The van der Waals surface area contributed by atoms with Gasteiger partial charge < -0.3 is 4.84 Å². The minimum absolute atomic E-state index is 0.0438. The van der Waals surface area contributed by atoms with Crippen molar-refractivity contribution < 1.29 is 27.2 Å². The number of halogens is 1. The minimum atomic E-state index is -3.71. The fraction of sp³-hybridized carbons (Fsp3) is 0.211. The SMILES string of the molecule is CN(C)S(=O)(=O)c1cccc(C(=O)NNC(=O)[C@@H]2CC(c3cccc(F)c3)=NO2)c1. The summed E-state index contributed by atoms with van der Waals surface area (Å²) in [5, 5.41) is 3.80. The highest BCUT2D eigenvalue weighted by atomic mass is 32.2. The Bertz CT molecular complexity index is 1120. The summed E-state index contributed by atoms with van der Waals surface area (Å²) in [5.74, 6) is -1.80. The number of oxime groups is 1. The average Bonchev–Trinajstić information content (AvgIpc) is 3.22. The zero-order valence-electron chi connectivity index (χ0n) is 16.1. The summed E-state index contributed by atoms with van der Waals surface area (Å²) >= 11 is 0. The zero-order chi connectivity index (χ0) is 21.9. The molecule has 3 rings (SSSR count). The Morgan fingerprint density at radius 1 is 1.13 bits per heavy atom. The molecule has 0 saturated heterocycles. The monoisotopic (exact) mass is 434 g/mol. The first-order valence-electron chi connectivity index (χ1n) is 8.80. The second kappa shape index (κ2) is 8.59. The zero-order valence-corrected chi connectivity index (χ0v) is 16.9. The molecule has 0 unspecified atom stereocenters. The van der Waals surface area contributed by atoms with Gasteiger partial charge in [-0.05, 0) is 30.3 Å². The molecule has 0 radical (unpaired) electrons. The second-order valence-electron chi connectivity index (χ2n) is 6.61. The number of nitrogens with zero attached hydrogens (tertiary/aromatic N) is 2. The van der Waals surface area contributed by atoms with Gasteiger partial charge in [0.2, 0.25) is 16.1 Å². The summed E-state index contributed by atoms with van der Waals surface area (Å²) in [6.07, 6.45) is -0.897. The molecular formula is C19H19FN4O5S. The number of rotatable bonds is 5. The molecule has 9 nitrogen and oxygen atoms in total. The van der Waals surface area contributed by atoms with Crippen LogP contribution in [0.1, 0.15) is 22.3 Å². The Morgan fingerprint density at radius 3 is 2.57 bits per heavy atom. The predicted octanol–water partition coefficient (Wildman–Crippen LogP) is 1.03. The van der Waals surface area contributed by atoms with Crippen LogP contribution in [0.2, 0.25) is 0 Å². The number of sulfonamides is 1. The van der Waals surface area contributed by atoms with Crippen LogP contribution in [-0.4, -0.2) is 50.4 Å². The highest BCUT2D eigenvalue weighted by molar-refractivity contribution is 7.89. The van der Waals surface area contributed by atoms with Gasteiger partial charge in [0.1, 0.15) is 5.82 Å². The van der Waals surface area contributed by atoms with Gasteiger partial charge in [-0.2, -0.15) is 0 Å². The molecule has 2 aromatic carbocycles. The smallest absolute Gasteiger partial charge is 0.282 e. The molecular weight excluding hydrogens is 415 g/mol. The molecule has 1 aliphatic heterocycles. The van der Waals surface area contributed by atoms with E-state index in [0.29, 0.717) is 11.3 Å². The minimum Gasteiger partial charge on any atom is -0.382 e. The molecule has 1 heterocycles. The van der Waals surface area contributed by atoms with Gasteiger partial charge in [-0.25, -0.2) is 17.1 Å². The summed E-state index contributed by atoms with van der Waals surface area (Å²) in [6, 6.07) is 11.1. The largest absolute Gasteiger partial charge is 0.382 e. The van der Waals surface area contributed by atoms with Gasteiger partial charge in [0.25, 0.3) is 11.8 Å². The normalized spacial score (nSPS) is 16.0. The first-order chi connectivity index (χ1) is 14.2. The second-order valence-corrected chi connectivity index (χ2v) is 8.76. The summed E-state index contributed by atoms with van der Waals surface area (Å²) in [6.45, 7) is 0. The number of nitrogens with one attached hydrogen (secondary N) is 2. The predicted molar refractivity (Wildman–Crippen MR) is 105 cm³/mol. The van der Waals surface area contributed by atoms with Crippen molar-refractivity contribution in [2.75, 3.05) is 14.1 Å². The third-order valence-corrected chi connectivity index (χ3v) is 6.10. The molecule has 158 valence electrons. The van der Waals surface area contributed by atoms with Gasteiger partial charge in [0.15, 0.2) is 0 Å². The maximum atomic E-state index is 13.3. The number of carbonyl (C=O) groups excluding carboxylic acids is 2. The molecule has 30 heavy (non-hydrogen) atoms. The van der Waals surface area contributed by atoms with Gasteiger partial charge >= 0.3 is 0 Å². The Morgan fingerprint density at radius 2 is 1.87 bits per heavy atom. The lowest BCUT2D eigenvalue weighted by atomic mass is 10.0. The van der Waals surface area contributed by atoms with Crippen molar-refractivity contribution in [2.24, 2.45) is 5.16 Å². The van der Waals surface area contributed by atoms with Gasteiger partial charge in [0, 0.05) is 31.6 Å². The maximum absolute atomic E-state index is 13.3. The molecule has 2 aromatic rings. The van der Waals surface area contributed by atoms with Gasteiger partial charge in [-0.1, -0.05) is 23.4 Å². The van der Waals surface area contributed by atoms with Crippen molar-refractivity contribution in [1.82, 2.24) is 15.2 Å². The van der Waals surface area contributed by atoms with Gasteiger partial charge in [0.05, 0.1) is 10.6 Å². The van der Waals surface area contributed by atoms with Crippen molar-refractivity contribution in [3.63, 3.8) is 0 Å². The molecule has 1 aliphatic rings. The van der Waals surface area contributed by atoms with Crippen LogP contribution in [0.25, 0.3) is 0 Å². The topological polar surface area (TPSA) is 117 Å². The lowest BCUT2D eigenvalue weighted by Gasteiger charge is -2.13. The van der Waals surface area contributed by atoms with E-state index in [4.69, 9.17) is 4.84 Å². The number of hydrogen-bond donors (Lipinski definition) is 2. The van der Waals surface area contributed by atoms with Crippen molar-refractivity contribution >= 4 is 27.5 Å². The molecule has 11 heteroatoms. The van der Waals surface area contributed by atoms with Crippen LogP contribution in [0.3, 0.4) is 0 Å². The van der Waals surface area contributed by atoms with E-state index >= 15 is 0 Å². The maximum Gasteiger partial charge on any atom is 0.282 e. The third kappa shape index (κ3) is 4.63. The van der Waals surface area contributed by atoms with Crippen molar-refractivity contribution in [3.05, 3.63) is 65.5 Å². The first-order valence-corrected chi connectivity index (χ1v) is 10.2. The molecule has 0 aliphatic carbocycles. The molecule has 0 spiro atoms. The molecule has 0 saturated carbocycles. The van der Waals surface area contributed by atoms with Crippen LogP contribution in [-0.2, 0) is 19.7 Å². The number of carbonyl (C=O) groups is 2. The standard InChI is InChI=1S/C19H19FN4O5S/c1-24(2)30(27,28)15-8-4-6-13(10-15)18(25)21-22-19(26)17-11-16(23-29-17)12-5-3-7-14(20)9-12/h3-10,17H,11H2,1-2H3,(H,21,25)(H,22,26)/t17-/m0/s1. The molecule has 0 bridgehead atoms. The van der Waals surface area contributed by atoms with Crippen LogP contribution in [0.4, 0.5) is 4.39 Å². The van der Waals surface area contributed by atoms with Gasteiger partial charge in [-0.15, -0.1) is 0 Å². The quantitative estimate of drug-likeness (QED) is 0.682. The Balaban J connectivity index is 1.59. The summed E-state index contributed by atoms with van der Waals surface area (Å²) in [4.78, 5) is 29.5. The van der Waals surface area contributed by atoms with Crippen molar-refractivity contribution in [2.45, 2.75) is 17.4 Å². The molecule has 0 fully saturated rings. The van der Waals surface area contributed by atoms with E-state index in [9.17, 15) is 22.4 Å².